The van der Waals surface area contributed by atoms with Gasteiger partial charge in [0.1, 0.15) is 11.6 Å². The summed E-state index contributed by atoms with van der Waals surface area (Å²) < 4.78 is 10.6. The molecule has 0 N–H and O–H groups in total. The summed E-state index contributed by atoms with van der Waals surface area (Å²) in [5.74, 6) is 0.581. The van der Waals surface area contributed by atoms with Gasteiger partial charge in [0, 0.05) is 19.7 Å². The Balaban J connectivity index is 2.63. The van der Waals surface area contributed by atoms with E-state index >= 15 is 0 Å². The first kappa shape index (κ1) is 16.4. The maximum atomic E-state index is 12.2. The first-order valence-corrected chi connectivity index (χ1v) is 7.24. The molecule has 0 spiro atoms. The Kier molecular flexibility index (Phi) is 5.81. The summed E-state index contributed by atoms with van der Waals surface area (Å²) in [6.45, 7) is 11.3. The fraction of sp³-hybridized carbons (Fsp3) is 0.933. The minimum Gasteiger partial charge on any atom is -0.459 e. The molecule has 19 heavy (non-hydrogen) atoms. The Morgan fingerprint density at radius 1 is 1.32 bits per heavy atom. The van der Waals surface area contributed by atoms with Crippen LogP contribution in [0.4, 0.5) is 0 Å². The van der Waals surface area contributed by atoms with Crippen LogP contribution >= 0.6 is 0 Å². The molecule has 1 aliphatic rings. The standard InChI is InChI=1S/C15H29NO3/c1-11(13-7-8-13)16(9-10-18-6)12(2)14(17)19-15(3,4)5/h11-13H,7-10H2,1-6H3. The quantitative estimate of drug-likeness (QED) is 0.667. The van der Waals surface area contributed by atoms with Crippen molar-refractivity contribution < 1.29 is 14.3 Å². The van der Waals surface area contributed by atoms with E-state index in [0.29, 0.717) is 12.6 Å². The van der Waals surface area contributed by atoms with Crippen molar-refractivity contribution in [3.8, 4) is 0 Å². The highest BCUT2D eigenvalue weighted by Crippen LogP contribution is 2.35. The van der Waals surface area contributed by atoms with Crippen molar-refractivity contribution in [3.63, 3.8) is 0 Å². The number of hydrogen-bond donors (Lipinski definition) is 0. The summed E-state index contributed by atoms with van der Waals surface area (Å²) in [7, 11) is 1.69. The highest BCUT2D eigenvalue weighted by Gasteiger charge is 2.36. The lowest BCUT2D eigenvalue weighted by Crippen LogP contribution is -2.48. The third kappa shape index (κ3) is 5.49. The fourth-order valence-corrected chi connectivity index (χ4v) is 2.32. The molecule has 0 radical (unpaired) electrons. The number of nitrogens with zero attached hydrogens (tertiary/aromatic N) is 1. The molecule has 1 fully saturated rings. The molecule has 0 bridgehead atoms. The second kappa shape index (κ2) is 6.71. The summed E-state index contributed by atoms with van der Waals surface area (Å²) in [5.41, 5.74) is -0.429. The summed E-state index contributed by atoms with van der Waals surface area (Å²) in [6, 6.07) is 0.197. The van der Waals surface area contributed by atoms with E-state index in [1.54, 1.807) is 7.11 Å². The Labute approximate surface area is 117 Å². The largest absolute Gasteiger partial charge is 0.459 e. The van der Waals surface area contributed by atoms with Crippen LogP contribution in [0.1, 0.15) is 47.5 Å². The number of esters is 1. The second-order valence-electron chi connectivity index (χ2n) is 6.52. The van der Waals surface area contributed by atoms with E-state index in [2.05, 4.69) is 11.8 Å². The number of ether oxygens (including phenoxy) is 2. The van der Waals surface area contributed by atoms with Gasteiger partial charge in [-0.2, -0.15) is 0 Å². The number of hydrogen-bond acceptors (Lipinski definition) is 4. The topological polar surface area (TPSA) is 38.8 Å². The van der Waals surface area contributed by atoms with Crippen LogP contribution in [0, 0.1) is 5.92 Å². The van der Waals surface area contributed by atoms with Gasteiger partial charge < -0.3 is 9.47 Å². The number of carbonyl (C=O) groups is 1. The molecule has 0 amide bonds. The fourth-order valence-electron chi connectivity index (χ4n) is 2.32. The molecule has 4 heteroatoms. The van der Waals surface area contributed by atoms with Crippen LogP contribution in [-0.4, -0.2) is 48.8 Å². The smallest absolute Gasteiger partial charge is 0.323 e. The normalized spacial score (nSPS) is 19.3. The summed E-state index contributed by atoms with van der Waals surface area (Å²) in [5, 5.41) is 0. The van der Waals surface area contributed by atoms with Gasteiger partial charge in [0.15, 0.2) is 0 Å². The van der Waals surface area contributed by atoms with E-state index in [0.717, 1.165) is 12.5 Å². The van der Waals surface area contributed by atoms with Gasteiger partial charge in [-0.3, -0.25) is 9.69 Å². The highest BCUT2D eigenvalue weighted by atomic mass is 16.6. The minimum atomic E-state index is -0.429. The molecule has 2 atom stereocenters. The first-order valence-electron chi connectivity index (χ1n) is 7.24. The van der Waals surface area contributed by atoms with Gasteiger partial charge in [-0.25, -0.2) is 0 Å². The van der Waals surface area contributed by atoms with Crippen LogP contribution in [0.3, 0.4) is 0 Å². The van der Waals surface area contributed by atoms with Crippen LogP contribution in [0.15, 0.2) is 0 Å². The zero-order valence-corrected chi connectivity index (χ0v) is 13.2. The molecule has 112 valence electrons. The lowest BCUT2D eigenvalue weighted by atomic mass is 10.1. The van der Waals surface area contributed by atoms with E-state index in [-0.39, 0.29) is 12.0 Å². The molecule has 0 aromatic carbocycles. The van der Waals surface area contributed by atoms with Gasteiger partial charge >= 0.3 is 5.97 Å². The van der Waals surface area contributed by atoms with E-state index in [1.165, 1.54) is 12.8 Å². The number of rotatable bonds is 7. The van der Waals surface area contributed by atoms with Crippen LogP contribution < -0.4 is 0 Å². The molecule has 0 aromatic rings. The first-order chi connectivity index (χ1) is 8.76. The van der Waals surface area contributed by atoms with E-state index < -0.39 is 5.60 Å². The van der Waals surface area contributed by atoms with Crippen molar-refractivity contribution in [2.24, 2.45) is 5.92 Å². The van der Waals surface area contributed by atoms with Crippen molar-refractivity contribution in [2.45, 2.75) is 65.1 Å². The Bertz CT molecular complexity index is 294. The molecule has 1 aliphatic carbocycles. The third-order valence-electron chi connectivity index (χ3n) is 3.63. The lowest BCUT2D eigenvalue weighted by Gasteiger charge is -2.34. The van der Waals surface area contributed by atoms with E-state index in [4.69, 9.17) is 9.47 Å². The highest BCUT2D eigenvalue weighted by molar-refractivity contribution is 5.75. The van der Waals surface area contributed by atoms with Gasteiger partial charge in [-0.15, -0.1) is 0 Å². The van der Waals surface area contributed by atoms with Gasteiger partial charge in [-0.1, -0.05) is 0 Å². The Morgan fingerprint density at radius 2 is 1.89 bits per heavy atom. The van der Waals surface area contributed by atoms with Gasteiger partial charge in [0.05, 0.1) is 6.61 Å². The van der Waals surface area contributed by atoms with Crippen LogP contribution in [-0.2, 0) is 14.3 Å². The summed E-state index contributed by atoms with van der Waals surface area (Å²) in [6.07, 6.45) is 2.54. The van der Waals surface area contributed by atoms with Crippen molar-refractivity contribution in [1.82, 2.24) is 4.90 Å². The predicted molar refractivity (Wildman–Crippen MR) is 76.1 cm³/mol. The summed E-state index contributed by atoms with van der Waals surface area (Å²) in [4.78, 5) is 14.4. The van der Waals surface area contributed by atoms with Crippen molar-refractivity contribution in [1.29, 1.82) is 0 Å². The van der Waals surface area contributed by atoms with E-state index in [9.17, 15) is 4.79 Å². The zero-order chi connectivity index (χ0) is 14.6. The van der Waals surface area contributed by atoms with Crippen molar-refractivity contribution in [2.75, 3.05) is 20.3 Å². The minimum absolute atomic E-state index is 0.142. The zero-order valence-electron chi connectivity index (χ0n) is 13.2. The monoisotopic (exact) mass is 271 g/mol. The average Bonchev–Trinajstić information content (AvgIpc) is 3.10. The maximum absolute atomic E-state index is 12.2. The molecule has 0 heterocycles. The van der Waals surface area contributed by atoms with Crippen LogP contribution in [0.5, 0.6) is 0 Å². The molecular weight excluding hydrogens is 242 g/mol. The van der Waals surface area contributed by atoms with Crippen molar-refractivity contribution >= 4 is 5.97 Å². The van der Waals surface area contributed by atoms with Crippen LogP contribution in [0.25, 0.3) is 0 Å². The second-order valence-corrected chi connectivity index (χ2v) is 6.52. The summed E-state index contributed by atoms with van der Waals surface area (Å²) >= 11 is 0. The maximum Gasteiger partial charge on any atom is 0.323 e. The van der Waals surface area contributed by atoms with Gasteiger partial charge in [0.2, 0.25) is 0 Å². The molecule has 0 saturated heterocycles. The molecule has 1 rings (SSSR count). The molecular formula is C15H29NO3. The van der Waals surface area contributed by atoms with Gasteiger partial charge in [-0.05, 0) is 53.4 Å². The van der Waals surface area contributed by atoms with E-state index in [1.807, 2.05) is 27.7 Å². The van der Waals surface area contributed by atoms with Crippen LogP contribution in [0.2, 0.25) is 0 Å². The molecule has 0 aliphatic heterocycles. The average molecular weight is 271 g/mol. The molecule has 2 unspecified atom stereocenters. The number of methoxy groups -OCH3 is 1. The molecule has 0 aromatic heterocycles. The SMILES string of the molecule is COCCN(C(C)C(=O)OC(C)(C)C)C(C)C1CC1. The van der Waals surface area contributed by atoms with Gasteiger partial charge in [0.25, 0.3) is 0 Å². The predicted octanol–water partition coefficient (Wildman–Crippen LogP) is 2.46. The molecule has 4 nitrogen and oxygen atoms in total. The number of carbonyl (C=O) groups excluding carboxylic acids is 1. The third-order valence-corrected chi connectivity index (χ3v) is 3.63. The Morgan fingerprint density at radius 3 is 2.32 bits per heavy atom. The molecule has 1 saturated carbocycles. The van der Waals surface area contributed by atoms with Crippen molar-refractivity contribution in [3.05, 3.63) is 0 Å². The Hall–Kier alpha value is -0.610. The lowest BCUT2D eigenvalue weighted by molar-refractivity contribution is -0.162.